The number of carbonyl (C=O) groups excluding carboxylic acids is 2. The summed E-state index contributed by atoms with van der Waals surface area (Å²) >= 11 is 0. The van der Waals surface area contributed by atoms with Gasteiger partial charge in [0.15, 0.2) is 5.71 Å². The van der Waals surface area contributed by atoms with Crippen LogP contribution in [0.15, 0.2) is 23.6 Å². The highest BCUT2D eigenvalue weighted by atomic mass is 16.7. The Morgan fingerprint density at radius 3 is 2.81 bits per heavy atom. The molecule has 1 aromatic heterocycles. The largest absolute Gasteiger partial charge is 0.464 e. The lowest BCUT2D eigenvalue weighted by Gasteiger charge is -2.37. The lowest BCUT2D eigenvalue weighted by atomic mass is 9.86. The zero-order valence-corrected chi connectivity index (χ0v) is 11.8. The van der Waals surface area contributed by atoms with Crippen molar-refractivity contribution in [1.82, 2.24) is 9.88 Å². The van der Waals surface area contributed by atoms with Gasteiger partial charge >= 0.3 is 5.97 Å². The molecule has 3 rings (SSSR count). The molecule has 1 N–H and O–H groups in total. The molecule has 2 aliphatic rings. The van der Waals surface area contributed by atoms with Gasteiger partial charge in [-0.15, -0.1) is 0 Å². The maximum atomic E-state index is 12.2. The van der Waals surface area contributed by atoms with Crippen LogP contribution in [0.2, 0.25) is 0 Å². The molecule has 1 spiro atoms. The molecule has 7 nitrogen and oxygen atoms in total. The van der Waals surface area contributed by atoms with E-state index in [0.29, 0.717) is 43.6 Å². The first-order valence-electron chi connectivity index (χ1n) is 6.89. The highest BCUT2D eigenvalue weighted by molar-refractivity contribution is 6.36. The summed E-state index contributed by atoms with van der Waals surface area (Å²) in [6.07, 6.45) is 5.19. The average Bonchev–Trinajstić information content (AvgIpc) is 3.17. The maximum absolute atomic E-state index is 12.2. The second-order valence-corrected chi connectivity index (χ2v) is 5.37. The number of aromatic amines is 1. The third kappa shape index (κ3) is 2.51. The first-order valence-corrected chi connectivity index (χ1v) is 6.89. The lowest BCUT2D eigenvalue weighted by Crippen LogP contribution is -2.47. The van der Waals surface area contributed by atoms with Gasteiger partial charge in [-0.25, -0.2) is 4.79 Å². The molecule has 21 heavy (non-hydrogen) atoms. The number of aromatic nitrogens is 1. The number of methoxy groups -OCH3 is 1. The first kappa shape index (κ1) is 13.7. The van der Waals surface area contributed by atoms with Gasteiger partial charge in [0.2, 0.25) is 0 Å². The standard InChI is InChI=1S/C14H17N3O4/c1-20-13(19)11-8-14(21-16-11)3-6-17(7-4-14)12(18)10-2-5-15-9-10/h2,5,9,15H,3-4,6-8H2,1H3. The van der Waals surface area contributed by atoms with E-state index in [2.05, 4.69) is 14.9 Å². The first-order chi connectivity index (χ1) is 10.1. The molecule has 7 heteroatoms. The van der Waals surface area contributed by atoms with Crippen molar-refractivity contribution < 1.29 is 19.2 Å². The molecule has 0 bridgehead atoms. The number of esters is 1. The second kappa shape index (κ2) is 5.23. The van der Waals surface area contributed by atoms with Gasteiger partial charge in [-0.2, -0.15) is 0 Å². The molecule has 1 aromatic rings. The van der Waals surface area contributed by atoms with Crippen LogP contribution in [0.5, 0.6) is 0 Å². The Labute approximate surface area is 121 Å². The van der Waals surface area contributed by atoms with Crippen molar-refractivity contribution >= 4 is 17.6 Å². The van der Waals surface area contributed by atoms with Crippen molar-refractivity contribution in [2.75, 3.05) is 20.2 Å². The smallest absolute Gasteiger partial charge is 0.355 e. The Hall–Kier alpha value is -2.31. The number of nitrogens with one attached hydrogen (secondary N) is 1. The Balaban J connectivity index is 1.59. The van der Waals surface area contributed by atoms with Gasteiger partial charge in [-0.1, -0.05) is 5.16 Å². The normalized spacial score (nSPS) is 20.0. The minimum Gasteiger partial charge on any atom is -0.464 e. The summed E-state index contributed by atoms with van der Waals surface area (Å²) in [5, 5.41) is 3.84. The molecule has 1 fully saturated rings. The molecule has 1 saturated heterocycles. The van der Waals surface area contributed by atoms with E-state index in [4.69, 9.17) is 4.84 Å². The molecular formula is C14H17N3O4. The Morgan fingerprint density at radius 2 is 2.19 bits per heavy atom. The van der Waals surface area contributed by atoms with Crippen LogP contribution in [0.3, 0.4) is 0 Å². The summed E-state index contributed by atoms with van der Waals surface area (Å²) in [4.78, 5) is 33.9. The fraction of sp³-hybridized carbons (Fsp3) is 0.500. The summed E-state index contributed by atoms with van der Waals surface area (Å²) in [7, 11) is 1.33. The number of carbonyl (C=O) groups is 2. The van der Waals surface area contributed by atoms with E-state index in [1.54, 1.807) is 23.4 Å². The number of piperidine rings is 1. The van der Waals surface area contributed by atoms with Crippen LogP contribution in [-0.2, 0) is 14.4 Å². The van der Waals surface area contributed by atoms with Crippen LogP contribution >= 0.6 is 0 Å². The van der Waals surface area contributed by atoms with Gasteiger partial charge in [-0.05, 0) is 6.07 Å². The molecule has 1 amide bonds. The number of H-pyrrole nitrogens is 1. The fourth-order valence-electron chi connectivity index (χ4n) is 2.77. The number of rotatable bonds is 2. The molecule has 2 aliphatic heterocycles. The SMILES string of the molecule is COC(=O)C1=NOC2(CCN(C(=O)c3cc[nH]c3)CC2)C1. The predicted molar refractivity (Wildman–Crippen MR) is 73.8 cm³/mol. The quantitative estimate of drug-likeness (QED) is 0.822. The Morgan fingerprint density at radius 1 is 1.43 bits per heavy atom. The number of ether oxygens (including phenoxy) is 1. The summed E-state index contributed by atoms with van der Waals surface area (Å²) in [5.41, 5.74) is 0.519. The van der Waals surface area contributed by atoms with Crippen molar-refractivity contribution in [3.8, 4) is 0 Å². The van der Waals surface area contributed by atoms with Crippen LogP contribution in [0.25, 0.3) is 0 Å². The van der Waals surface area contributed by atoms with E-state index >= 15 is 0 Å². The van der Waals surface area contributed by atoms with Crippen LogP contribution < -0.4 is 0 Å². The molecular weight excluding hydrogens is 274 g/mol. The van der Waals surface area contributed by atoms with Crippen LogP contribution in [-0.4, -0.2) is 53.3 Å². The van der Waals surface area contributed by atoms with Crippen LogP contribution in [0.4, 0.5) is 0 Å². The summed E-state index contributed by atoms with van der Waals surface area (Å²) in [5.74, 6) is -0.434. The summed E-state index contributed by atoms with van der Waals surface area (Å²) in [6, 6.07) is 1.76. The van der Waals surface area contributed by atoms with Gasteiger partial charge in [-0.3, -0.25) is 4.79 Å². The summed E-state index contributed by atoms with van der Waals surface area (Å²) < 4.78 is 4.66. The molecule has 112 valence electrons. The van der Waals surface area contributed by atoms with E-state index in [1.807, 2.05) is 0 Å². The van der Waals surface area contributed by atoms with Gasteiger partial charge < -0.3 is 19.5 Å². The van der Waals surface area contributed by atoms with Crippen LogP contribution in [0.1, 0.15) is 29.6 Å². The molecule has 0 saturated carbocycles. The topological polar surface area (TPSA) is 84.0 Å². The van der Waals surface area contributed by atoms with Gasteiger partial charge in [0.05, 0.1) is 12.7 Å². The highest BCUT2D eigenvalue weighted by Gasteiger charge is 2.44. The zero-order valence-electron chi connectivity index (χ0n) is 11.8. The molecule has 3 heterocycles. The molecule has 0 atom stereocenters. The van der Waals surface area contributed by atoms with Crippen molar-refractivity contribution in [1.29, 1.82) is 0 Å². The minimum atomic E-state index is -0.460. The molecule has 0 unspecified atom stereocenters. The van der Waals surface area contributed by atoms with Gasteiger partial charge in [0.1, 0.15) is 5.60 Å². The number of oxime groups is 1. The number of likely N-dealkylation sites (tertiary alicyclic amines) is 1. The monoisotopic (exact) mass is 291 g/mol. The van der Waals surface area contributed by atoms with Crippen LogP contribution in [0, 0.1) is 0 Å². The Bertz CT molecular complexity index is 571. The van der Waals surface area contributed by atoms with E-state index in [0.717, 1.165) is 0 Å². The van der Waals surface area contributed by atoms with Gasteiger partial charge in [0, 0.05) is 44.7 Å². The number of nitrogens with zero attached hydrogens (tertiary/aromatic N) is 2. The average molecular weight is 291 g/mol. The number of hydrogen-bond acceptors (Lipinski definition) is 5. The van der Waals surface area contributed by atoms with E-state index in [-0.39, 0.29) is 5.91 Å². The van der Waals surface area contributed by atoms with Crippen molar-refractivity contribution in [2.45, 2.75) is 24.9 Å². The molecule has 0 radical (unpaired) electrons. The maximum Gasteiger partial charge on any atom is 0.355 e. The second-order valence-electron chi connectivity index (χ2n) is 5.37. The lowest BCUT2D eigenvalue weighted by molar-refractivity contribution is -0.132. The van der Waals surface area contributed by atoms with Gasteiger partial charge in [0.25, 0.3) is 5.91 Å². The van der Waals surface area contributed by atoms with Crippen molar-refractivity contribution in [3.05, 3.63) is 24.0 Å². The molecule has 0 aliphatic carbocycles. The number of hydrogen-bond donors (Lipinski definition) is 1. The van der Waals surface area contributed by atoms with E-state index < -0.39 is 11.6 Å². The third-order valence-corrected chi connectivity index (χ3v) is 4.07. The number of amides is 1. The highest BCUT2D eigenvalue weighted by Crippen LogP contribution is 2.35. The van der Waals surface area contributed by atoms with E-state index in [9.17, 15) is 9.59 Å². The molecule has 0 aromatic carbocycles. The van der Waals surface area contributed by atoms with E-state index in [1.165, 1.54) is 7.11 Å². The van der Waals surface area contributed by atoms with Crippen molar-refractivity contribution in [3.63, 3.8) is 0 Å². The van der Waals surface area contributed by atoms with Crippen molar-refractivity contribution in [2.24, 2.45) is 5.16 Å². The third-order valence-electron chi connectivity index (χ3n) is 4.07. The zero-order chi connectivity index (χ0) is 14.9. The minimum absolute atomic E-state index is 0.0122. The summed E-state index contributed by atoms with van der Waals surface area (Å²) in [6.45, 7) is 1.18. The Kier molecular flexibility index (Phi) is 3.40. The predicted octanol–water partition coefficient (Wildman–Crippen LogP) is 0.939. The fourth-order valence-corrected chi connectivity index (χ4v) is 2.77.